The van der Waals surface area contributed by atoms with Crippen LogP contribution in [0.3, 0.4) is 0 Å². The molecule has 8 heteroatoms. The highest BCUT2D eigenvalue weighted by Gasteiger charge is 2.43. The lowest BCUT2D eigenvalue weighted by Crippen LogP contribution is -2.37. The number of ether oxygens (including phenoxy) is 1. The van der Waals surface area contributed by atoms with E-state index >= 15 is 0 Å². The van der Waals surface area contributed by atoms with E-state index in [4.69, 9.17) is 21.3 Å². The van der Waals surface area contributed by atoms with Crippen LogP contribution in [-0.2, 0) is 9.48 Å². The van der Waals surface area contributed by atoms with Gasteiger partial charge in [0, 0.05) is 50.2 Å². The minimum Gasteiger partial charge on any atom is -0.450 e. The van der Waals surface area contributed by atoms with E-state index in [9.17, 15) is 4.79 Å². The SMILES string of the molecule is CCOC(=O)NC1=Nc2ccc(Cl)cc2C(c2ccc(N(C)C)cc2)(c2ccc(N(C)C)cc2)S1. The summed E-state index contributed by atoms with van der Waals surface area (Å²) in [5.74, 6) is 0. The first-order chi connectivity index (χ1) is 16.7. The highest BCUT2D eigenvalue weighted by atomic mass is 35.5. The molecule has 35 heavy (non-hydrogen) atoms. The molecule has 0 atom stereocenters. The average molecular weight is 509 g/mol. The van der Waals surface area contributed by atoms with Gasteiger partial charge in [-0.15, -0.1) is 0 Å². The van der Waals surface area contributed by atoms with Crippen molar-refractivity contribution < 1.29 is 9.53 Å². The van der Waals surface area contributed by atoms with E-state index in [0.717, 1.165) is 33.8 Å². The van der Waals surface area contributed by atoms with Crippen LogP contribution >= 0.6 is 23.4 Å². The van der Waals surface area contributed by atoms with Gasteiger partial charge in [0.15, 0.2) is 5.17 Å². The predicted octanol–water partition coefficient (Wildman–Crippen LogP) is 6.24. The summed E-state index contributed by atoms with van der Waals surface area (Å²) in [6.07, 6.45) is -0.532. The maximum absolute atomic E-state index is 12.3. The van der Waals surface area contributed by atoms with Crippen LogP contribution in [0, 0.1) is 0 Å². The van der Waals surface area contributed by atoms with E-state index in [2.05, 4.69) is 63.6 Å². The Hall–Kier alpha value is -3.16. The number of nitrogens with zero attached hydrogens (tertiary/aromatic N) is 3. The number of fused-ring (bicyclic) bond motifs is 1. The number of amides is 1. The third kappa shape index (κ3) is 4.97. The smallest absolute Gasteiger partial charge is 0.413 e. The van der Waals surface area contributed by atoms with Gasteiger partial charge in [-0.3, -0.25) is 5.32 Å². The standard InChI is InChI=1S/C27H29ClN4O2S/c1-6-34-26(33)30-25-29-24-16-11-20(28)17-23(24)27(35-25,18-7-12-21(13-8-18)31(2)3)19-9-14-22(15-10-19)32(4)5/h7-17H,6H2,1-5H3,(H,29,30,33). The van der Waals surface area contributed by atoms with Gasteiger partial charge >= 0.3 is 6.09 Å². The molecule has 0 fully saturated rings. The van der Waals surface area contributed by atoms with Crippen molar-refractivity contribution in [2.75, 3.05) is 44.6 Å². The number of aliphatic imine (C=N–C) groups is 1. The minimum atomic E-state index is -0.702. The molecule has 1 heterocycles. The van der Waals surface area contributed by atoms with Crippen molar-refractivity contribution in [3.8, 4) is 0 Å². The molecule has 0 unspecified atom stereocenters. The van der Waals surface area contributed by atoms with Crippen LogP contribution in [-0.4, -0.2) is 46.1 Å². The molecule has 0 bridgehead atoms. The molecule has 6 nitrogen and oxygen atoms in total. The summed E-state index contributed by atoms with van der Waals surface area (Å²) in [6, 6.07) is 22.6. The van der Waals surface area contributed by atoms with Gasteiger partial charge in [-0.05, 0) is 60.5 Å². The van der Waals surface area contributed by atoms with Crippen molar-refractivity contribution in [3.05, 3.63) is 88.4 Å². The van der Waals surface area contributed by atoms with Crippen molar-refractivity contribution in [2.24, 2.45) is 4.99 Å². The second-order valence-electron chi connectivity index (χ2n) is 8.59. The third-order valence-electron chi connectivity index (χ3n) is 5.87. The first-order valence-electron chi connectivity index (χ1n) is 11.3. The predicted molar refractivity (Wildman–Crippen MR) is 148 cm³/mol. The number of halogens is 1. The van der Waals surface area contributed by atoms with Crippen molar-refractivity contribution in [1.82, 2.24) is 5.32 Å². The normalized spacial score (nSPS) is 13.9. The van der Waals surface area contributed by atoms with Gasteiger partial charge in [-0.1, -0.05) is 47.6 Å². The molecule has 0 aromatic heterocycles. The number of amidine groups is 1. The number of thioether (sulfide) groups is 1. The fourth-order valence-corrected chi connectivity index (χ4v) is 5.63. The highest BCUT2D eigenvalue weighted by Crippen LogP contribution is 2.55. The number of hydrogen-bond acceptors (Lipinski definition) is 6. The fraction of sp³-hybridized carbons (Fsp3) is 0.259. The average Bonchev–Trinajstić information content (AvgIpc) is 2.84. The molecule has 0 spiro atoms. The Labute approximate surface area is 215 Å². The van der Waals surface area contributed by atoms with Crippen LogP contribution in [0.5, 0.6) is 0 Å². The Bertz CT molecular complexity index is 1190. The Kier molecular flexibility index (Phi) is 7.28. The van der Waals surface area contributed by atoms with Crippen LogP contribution in [0.15, 0.2) is 71.7 Å². The number of hydrogen-bond donors (Lipinski definition) is 1. The van der Waals surface area contributed by atoms with Gasteiger partial charge in [0.25, 0.3) is 0 Å². The first kappa shape index (κ1) is 24.9. The summed E-state index contributed by atoms with van der Waals surface area (Å²) in [4.78, 5) is 21.2. The summed E-state index contributed by atoms with van der Waals surface area (Å²) in [5.41, 5.74) is 5.99. The molecule has 1 aliphatic heterocycles. The summed E-state index contributed by atoms with van der Waals surface area (Å²) in [5, 5.41) is 3.92. The molecular formula is C27H29ClN4O2S. The number of benzene rings is 3. The Balaban J connectivity index is 1.96. The summed E-state index contributed by atoms with van der Waals surface area (Å²) in [6.45, 7) is 2.05. The molecule has 3 aromatic rings. The largest absolute Gasteiger partial charge is 0.450 e. The van der Waals surface area contributed by atoms with Gasteiger partial charge in [-0.2, -0.15) is 0 Å². The molecule has 0 saturated carbocycles. The van der Waals surface area contributed by atoms with Gasteiger partial charge < -0.3 is 14.5 Å². The van der Waals surface area contributed by atoms with Crippen LogP contribution < -0.4 is 15.1 Å². The maximum atomic E-state index is 12.3. The van der Waals surface area contributed by atoms with Crippen molar-refractivity contribution >= 4 is 51.7 Å². The topological polar surface area (TPSA) is 57.2 Å². The molecule has 1 aliphatic rings. The van der Waals surface area contributed by atoms with Crippen molar-refractivity contribution in [3.63, 3.8) is 0 Å². The zero-order valence-electron chi connectivity index (χ0n) is 20.5. The zero-order chi connectivity index (χ0) is 25.2. The Morgan fingerprint density at radius 3 is 1.97 bits per heavy atom. The number of rotatable bonds is 5. The molecular weight excluding hydrogens is 480 g/mol. The summed E-state index contributed by atoms with van der Waals surface area (Å²) in [7, 11) is 8.07. The highest BCUT2D eigenvalue weighted by molar-refractivity contribution is 8.15. The van der Waals surface area contributed by atoms with E-state index in [-0.39, 0.29) is 6.61 Å². The lowest BCUT2D eigenvalue weighted by Gasteiger charge is -2.39. The monoisotopic (exact) mass is 508 g/mol. The lowest BCUT2D eigenvalue weighted by atomic mass is 9.82. The van der Waals surface area contributed by atoms with E-state index in [1.165, 1.54) is 11.8 Å². The van der Waals surface area contributed by atoms with Crippen molar-refractivity contribution in [2.45, 2.75) is 11.7 Å². The van der Waals surface area contributed by atoms with Crippen LogP contribution in [0.1, 0.15) is 23.6 Å². The van der Waals surface area contributed by atoms with E-state index in [1.54, 1.807) is 6.92 Å². The summed E-state index contributed by atoms with van der Waals surface area (Å²) < 4.78 is 4.44. The second kappa shape index (κ2) is 10.2. The fourth-order valence-electron chi connectivity index (χ4n) is 4.11. The molecule has 0 aliphatic carbocycles. The molecule has 3 aromatic carbocycles. The van der Waals surface area contributed by atoms with Crippen LogP contribution in [0.4, 0.5) is 21.9 Å². The molecule has 182 valence electrons. The maximum Gasteiger partial charge on any atom is 0.413 e. The number of carbonyl (C=O) groups is 1. The minimum absolute atomic E-state index is 0.277. The van der Waals surface area contributed by atoms with Gasteiger partial charge in [0.1, 0.15) is 4.75 Å². The quantitative estimate of drug-likeness (QED) is 0.442. The number of anilines is 2. The Morgan fingerprint density at radius 2 is 1.49 bits per heavy atom. The van der Waals surface area contributed by atoms with E-state index in [0.29, 0.717) is 10.2 Å². The van der Waals surface area contributed by atoms with Crippen molar-refractivity contribution in [1.29, 1.82) is 0 Å². The first-order valence-corrected chi connectivity index (χ1v) is 12.5. The van der Waals surface area contributed by atoms with Crippen LogP contribution in [0.25, 0.3) is 0 Å². The number of nitrogens with one attached hydrogen (secondary N) is 1. The van der Waals surface area contributed by atoms with Gasteiger partial charge in [0.2, 0.25) is 0 Å². The Morgan fingerprint density at radius 1 is 0.943 bits per heavy atom. The van der Waals surface area contributed by atoms with Crippen LogP contribution in [0.2, 0.25) is 5.02 Å². The second-order valence-corrected chi connectivity index (χ2v) is 10.2. The van der Waals surface area contributed by atoms with E-state index in [1.807, 2.05) is 46.4 Å². The molecule has 0 radical (unpaired) electrons. The molecule has 1 amide bonds. The third-order valence-corrected chi connectivity index (χ3v) is 7.49. The number of carbonyl (C=O) groups excluding carboxylic acids is 1. The summed E-state index contributed by atoms with van der Waals surface area (Å²) >= 11 is 7.99. The number of alkyl carbamates (subject to hydrolysis) is 1. The van der Waals surface area contributed by atoms with Gasteiger partial charge in [-0.25, -0.2) is 9.79 Å². The molecule has 1 N–H and O–H groups in total. The molecule has 4 rings (SSSR count). The lowest BCUT2D eigenvalue weighted by molar-refractivity contribution is 0.158. The molecule has 0 saturated heterocycles. The van der Waals surface area contributed by atoms with Gasteiger partial charge in [0.05, 0.1) is 12.3 Å². The zero-order valence-corrected chi connectivity index (χ0v) is 22.1. The van der Waals surface area contributed by atoms with E-state index < -0.39 is 10.8 Å².